The Bertz CT molecular complexity index is 647. The lowest BCUT2D eigenvalue weighted by atomic mass is 10.1. The maximum Gasteiger partial charge on any atom is 0.130 e. The number of ether oxygens (including phenoxy) is 1. The zero-order valence-electron chi connectivity index (χ0n) is 10.8. The van der Waals surface area contributed by atoms with Crippen LogP contribution in [0.3, 0.4) is 0 Å². The van der Waals surface area contributed by atoms with Gasteiger partial charge in [0, 0.05) is 17.7 Å². The van der Waals surface area contributed by atoms with Crippen molar-refractivity contribution >= 4 is 12.2 Å². The van der Waals surface area contributed by atoms with E-state index < -0.39 is 0 Å². The summed E-state index contributed by atoms with van der Waals surface area (Å²) >= 11 is 5.25. The molecule has 1 fully saturated rings. The molecule has 1 saturated carbocycles. The minimum atomic E-state index is 0.654. The van der Waals surface area contributed by atoms with E-state index in [2.05, 4.69) is 16.0 Å². The minimum Gasteiger partial charge on any atom is -0.496 e. The van der Waals surface area contributed by atoms with Crippen molar-refractivity contribution in [3.8, 4) is 5.75 Å². The summed E-state index contributed by atoms with van der Waals surface area (Å²) in [4.78, 5) is 7.83. The summed E-state index contributed by atoms with van der Waals surface area (Å²) in [5.41, 5.74) is 2.35. The summed E-state index contributed by atoms with van der Waals surface area (Å²) in [7, 11) is 1.69. The van der Waals surface area contributed by atoms with Crippen LogP contribution in [-0.4, -0.2) is 17.1 Å². The number of hydrogen-bond acceptors (Lipinski definition) is 3. The molecule has 2 aromatic rings. The number of aromatic amines is 1. The van der Waals surface area contributed by atoms with Crippen molar-refractivity contribution in [2.75, 3.05) is 7.11 Å². The molecule has 0 unspecified atom stereocenters. The van der Waals surface area contributed by atoms with Crippen LogP contribution in [0.25, 0.3) is 0 Å². The van der Waals surface area contributed by atoms with Gasteiger partial charge in [-0.25, -0.2) is 4.98 Å². The van der Waals surface area contributed by atoms with Gasteiger partial charge in [0.2, 0.25) is 0 Å². The number of H-pyrrole nitrogens is 1. The molecule has 1 N–H and O–H groups in total. The zero-order chi connectivity index (χ0) is 13.2. The first-order valence-electron chi connectivity index (χ1n) is 6.48. The van der Waals surface area contributed by atoms with Crippen LogP contribution in [0.4, 0.5) is 0 Å². The van der Waals surface area contributed by atoms with Gasteiger partial charge in [0.1, 0.15) is 16.2 Å². The van der Waals surface area contributed by atoms with Crippen molar-refractivity contribution in [2.24, 2.45) is 0 Å². The van der Waals surface area contributed by atoms with Gasteiger partial charge in [-0.3, -0.25) is 0 Å². The Morgan fingerprint density at radius 3 is 2.89 bits per heavy atom. The number of hydrogen-bond donors (Lipinski definition) is 1. The maximum atomic E-state index is 5.37. The molecule has 0 saturated heterocycles. The Morgan fingerprint density at radius 2 is 2.16 bits per heavy atom. The average Bonchev–Trinajstić information content (AvgIpc) is 3.23. The monoisotopic (exact) mass is 272 g/mol. The molecule has 3 rings (SSSR count). The largest absolute Gasteiger partial charge is 0.496 e. The first-order chi connectivity index (χ1) is 9.26. The standard InChI is InChI=1S/C15H16N2OS/c1-18-13-5-3-2-4-11(13)8-14-16-12(10-6-7-10)9-15(19)17-14/h2-5,9-10H,6-8H2,1H3,(H,16,17,19). The van der Waals surface area contributed by atoms with E-state index in [1.54, 1.807) is 7.11 Å². The molecule has 3 nitrogen and oxygen atoms in total. The van der Waals surface area contributed by atoms with Crippen molar-refractivity contribution in [1.29, 1.82) is 0 Å². The normalized spacial score (nSPS) is 14.4. The molecule has 0 radical (unpaired) electrons. The second-order valence-electron chi connectivity index (χ2n) is 4.88. The molecule has 1 heterocycles. The van der Waals surface area contributed by atoms with E-state index in [-0.39, 0.29) is 0 Å². The zero-order valence-corrected chi connectivity index (χ0v) is 11.7. The number of aromatic nitrogens is 2. The first kappa shape index (κ1) is 12.4. The van der Waals surface area contributed by atoms with Crippen molar-refractivity contribution in [3.05, 3.63) is 52.1 Å². The Kier molecular flexibility index (Phi) is 3.34. The van der Waals surface area contributed by atoms with Gasteiger partial charge in [0.05, 0.1) is 7.11 Å². The molecule has 1 aliphatic carbocycles. The molecule has 0 spiro atoms. The average molecular weight is 272 g/mol. The lowest BCUT2D eigenvalue weighted by Crippen LogP contribution is -2.01. The van der Waals surface area contributed by atoms with Crippen LogP contribution in [-0.2, 0) is 6.42 Å². The summed E-state index contributed by atoms with van der Waals surface area (Å²) in [5, 5.41) is 0. The van der Waals surface area contributed by atoms with E-state index in [1.807, 2.05) is 24.3 Å². The number of nitrogens with one attached hydrogen (secondary N) is 1. The van der Waals surface area contributed by atoms with E-state index in [1.165, 1.54) is 18.5 Å². The third-order valence-electron chi connectivity index (χ3n) is 3.38. The molecule has 0 bridgehead atoms. The second-order valence-corrected chi connectivity index (χ2v) is 5.30. The predicted molar refractivity (Wildman–Crippen MR) is 77.2 cm³/mol. The third kappa shape index (κ3) is 2.84. The topological polar surface area (TPSA) is 37.9 Å². The van der Waals surface area contributed by atoms with E-state index in [4.69, 9.17) is 17.0 Å². The first-order valence-corrected chi connectivity index (χ1v) is 6.89. The van der Waals surface area contributed by atoms with Crippen LogP contribution in [0.5, 0.6) is 5.75 Å². The Hall–Kier alpha value is -1.68. The van der Waals surface area contributed by atoms with Gasteiger partial charge in [-0.05, 0) is 30.9 Å². The van der Waals surface area contributed by atoms with Gasteiger partial charge in [-0.2, -0.15) is 0 Å². The van der Waals surface area contributed by atoms with Crippen LogP contribution in [0.1, 0.15) is 35.8 Å². The Labute approximate surface area is 117 Å². The van der Waals surface area contributed by atoms with Crippen LogP contribution < -0.4 is 4.74 Å². The van der Waals surface area contributed by atoms with E-state index >= 15 is 0 Å². The predicted octanol–water partition coefficient (Wildman–Crippen LogP) is 3.62. The quantitative estimate of drug-likeness (QED) is 0.864. The summed E-state index contributed by atoms with van der Waals surface area (Å²) in [5.74, 6) is 2.46. The lowest BCUT2D eigenvalue weighted by molar-refractivity contribution is 0.410. The fourth-order valence-electron chi connectivity index (χ4n) is 2.26. The second kappa shape index (κ2) is 5.13. The van der Waals surface area contributed by atoms with Gasteiger partial charge in [0.25, 0.3) is 0 Å². The molecule has 0 aliphatic heterocycles. The fraction of sp³-hybridized carbons (Fsp3) is 0.333. The van der Waals surface area contributed by atoms with Crippen molar-refractivity contribution < 1.29 is 4.74 Å². The van der Waals surface area contributed by atoms with Crippen molar-refractivity contribution in [3.63, 3.8) is 0 Å². The maximum absolute atomic E-state index is 5.37. The number of benzene rings is 1. The Morgan fingerprint density at radius 1 is 1.37 bits per heavy atom. The molecule has 1 aromatic heterocycles. The van der Waals surface area contributed by atoms with Crippen LogP contribution in [0.15, 0.2) is 30.3 Å². The fourth-order valence-corrected chi connectivity index (χ4v) is 2.49. The molecule has 0 atom stereocenters. The van der Waals surface area contributed by atoms with E-state index in [0.717, 1.165) is 17.1 Å². The highest BCUT2D eigenvalue weighted by molar-refractivity contribution is 7.71. The van der Waals surface area contributed by atoms with Gasteiger partial charge < -0.3 is 9.72 Å². The highest BCUT2D eigenvalue weighted by Gasteiger charge is 2.24. The SMILES string of the molecule is COc1ccccc1Cc1nc(=S)cc(C2CC2)[nH]1. The summed E-state index contributed by atoms with van der Waals surface area (Å²) < 4.78 is 6.04. The summed E-state index contributed by atoms with van der Waals surface area (Å²) in [6.07, 6.45) is 3.22. The van der Waals surface area contributed by atoms with Crippen LogP contribution in [0.2, 0.25) is 0 Å². The van der Waals surface area contributed by atoms with Crippen LogP contribution >= 0.6 is 12.2 Å². The number of rotatable bonds is 4. The molecule has 19 heavy (non-hydrogen) atoms. The van der Waals surface area contributed by atoms with Gasteiger partial charge in [-0.15, -0.1) is 0 Å². The summed E-state index contributed by atoms with van der Waals surface area (Å²) in [6.45, 7) is 0. The van der Waals surface area contributed by atoms with Crippen molar-refractivity contribution in [2.45, 2.75) is 25.2 Å². The summed E-state index contributed by atoms with van der Waals surface area (Å²) in [6, 6.07) is 9.99. The molecule has 98 valence electrons. The molecular weight excluding hydrogens is 256 g/mol. The van der Waals surface area contributed by atoms with Gasteiger partial charge in [0.15, 0.2) is 0 Å². The number of nitrogens with zero attached hydrogens (tertiary/aromatic N) is 1. The number of para-hydroxylation sites is 1. The smallest absolute Gasteiger partial charge is 0.130 e. The van der Waals surface area contributed by atoms with Gasteiger partial charge in [-0.1, -0.05) is 30.4 Å². The van der Waals surface area contributed by atoms with Crippen LogP contribution in [0, 0.1) is 4.64 Å². The van der Waals surface area contributed by atoms with Crippen molar-refractivity contribution in [1.82, 2.24) is 9.97 Å². The minimum absolute atomic E-state index is 0.654. The highest BCUT2D eigenvalue weighted by atomic mass is 32.1. The molecule has 4 heteroatoms. The van der Waals surface area contributed by atoms with E-state index in [9.17, 15) is 0 Å². The molecular formula is C15H16N2OS. The molecule has 1 aromatic carbocycles. The number of methoxy groups -OCH3 is 1. The molecule has 1 aliphatic rings. The lowest BCUT2D eigenvalue weighted by Gasteiger charge is -2.09. The third-order valence-corrected chi connectivity index (χ3v) is 3.59. The molecule has 0 amide bonds. The Balaban J connectivity index is 1.92. The van der Waals surface area contributed by atoms with Gasteiger partial charge >= 0.3 is 0 Å². The van der Waals surface area contributed by atoms with E-state index in [0.29, 0.717) is 17.0 Å². The highest BCUT2D eigenvalue weighted by Crippen LogP contribution is 2.38.